The van der Waals surface area contributed by atoms with E-state index in [0.29, 0.717) is 0 Å². The van der Waals surface area contributed by atoms with Crippen LogP contribution in [0, 0.1) is 0 Å². The summed E-state index contributed by atoms with van der Waals surface area (Å²) in [5.74, 6) is 0. The van der Waals surface area contributed by atoms with Crippen LogP contribution in [0.5, 0.6) is 0 Å². The third kappa shape index (κ3) is 1.53. The fourth-order valence-corrected chi connectivity index (χ4v) is 2.53. The maximum Gasteiger partial charge on any atom is 0.0431 e. The molecule has 1 aliphatic heterocycles. The zero-order valence-electron chi connectivity index (χ0n) is 9.08. The average Bonchev–Trinajstić information content (AvgIpc) is 2.84. The molecule has 2 fully saturated rings. The first-order chi connectivity index (χ1) is 7.30. The van der Waals surface area contributed by atoms with Gasteiger partial charge in [0.05, 0.1) is 0 Å². The van der Waals surface area contributed by atoms with E-state index in [1.807, 2.05) is 0 Å². The van der Waals surface area contributed by atoms with Gasteiger partial charge in [-0.05, 0) is 37.3 Å². The van der Waals surface area contributed by atoms with Crippen molar-refractivity contribution in [1.29, 1.82) is 0 Å². The summed E-state index contributed by atoms with van der Waals surface area (Å²) in [6.45, 7) is 2.40. The lowest BCUT2D eigenvalue weighted by atomic mass is 10.0. The molecule has 0 aromatic heterocycles. The van der Waals surface area contributed by atoms with Gasteiger partial charge in [0, 0.05) is 24.3 Å². The third-order valence-corrected chi connectivity index (χ3v) is 3.68. The molecule has 80 valence electrons. The van der Waals surface area contributed by atoms with E-state index >= 15 is 0 Å². The van der Waals surface area contributed by atoms with Gasteiger partial charge in [-0.15, -0.1) is 0 Å². The molecule has 3 rings (SSSR count). The Morgan fingerprint density at radius 3 is 2.40 bits per heavy atom. The minimum absolute atomic E-state index is 0.000810. The molecule has 2 heteroatoms. The molecular formula is C13H18N2. The van der Waals surface area contributed by atoms with Crippen LogP contribution in [0.3, 0.4) is 0 Å². The number of para-hydroxylation sites is 1. The second-order valence-corrected chi connectivity index (χ2v) is 4.87. The molecule has 0 unspecified atom stereocenters. The smallest absolute Gasteiger partial charge is 0.0431 e. The fourth-order valence-electron chi connectivity index (χ4n) is 2.53. The summed E-state index contributed by atoms with van der Waals surface area (Å²) in [6.07, 6.45) is 4.95. The van der Waals surface area contributed by atoms with Crippen LogP contribution in [-0.4, -0.2) is 13.1 Å². The van der Waals surface area contributed by atoms with E-state index in [4.69, 9.17) is 5.73 Å². The molecule has 2 nitrogen and oxygen atoms in total. The number of anilines is 1. The van der Waals surface area contributed by atoms with Crippen LogP contribution in [0.15, 0.2) is 24.3 Å². The fraction of sp³-hybridized carbons (Fsp3) is 0.538. The van der Waals surface area contributed by atoms with Crippen molar-refractivity contribution in [3.63, 3.8) is 0 Å². The first kappa shape index (κ1) is 9.22. The van der Waals surface area contributed by atoms with E-state index in [1.165, 1.54) is 37.2 Å². The van der Waals surface area contributed by atoms with Crippen molar-refractivity contribution < 1.29 is 0 Å². The first-order valence-electron chi connectivity index (χ1n) is 5.93. The monoisotopic (exact) mass is 202 g/mol. The topological polar surface area (TPSA) is 29.3 Å². The molecule has 1 aromatic rings. The Bertz CT molecular complexity index is 363. The highest BCUT2D eigenvalue weighted by Crippen LogP contribution is 2.46. The Hall–Kier alpha value is -1.02. The second kappa shape index (κ2) is 3.24. The van der Waals surface area contributed by atoms with E-state index in [0.717, 1.165) is 12.8 Å². The lowest BCUT2D eigenvalue weighted by Crippen LogP contribution is -2.25. The lowest BCUT2D eigenvalue weighted by molar-refractivity contribution is 0.733. The molecule has 15 heavy (non-hydrogen) atoms. The second-order valence-electron chi connectivity index (χ2n) is 4.87. The van der Waals surface area contributed by atoms with Crippen molar-refractivity contribution in [2.75, 3.05) is 18.0 Å². The van der Waals surface area contributed by atoms with Gasteiger partial charge in [0.2, 0.25) is 0 Å². The number of benzene rings is 1. The normalized spacial score (nSPS) is 23.1. The number of hydrogen-bond donors (Lipinski definition) is 1. The van der Waals surface area contributed by atoms with Crippen molar-refractivity contribution in [2.45, 2.75) is 31.2 Å². The summed E-state index contributed by atoms with van der Waals surface area (Å²) in [6, 6.07) is 8.68. The minimum Gasteiger partial charge on any atom is -0.371 e. The lowest BCUT2D eigenvalue weighted by Gasteiger charge is -2.24. The largest absolute Gasteiger partial charge is 0.371 e. The van der Waals surface area contributed by atoms with Gasteiger partial charge < -0.3 is 10.6 Å². The van der Waals surface area contributed by atoms with Crippen molar-refractivity contribution >= 4 is 5.69 Å². The average molecular weight is 202 g/mol. The van der Waals surface area contributed by atoms with E-state index in [1.54, 1.807) is 0 Å². The predicted octanol–water partition coefficient (Wildman–Crippen LogP) is 2.23. The molecule has 1 saturated heterocycles. The summed E-state index contributed by atoms with van der Waals surface area (Å²) >= 11 is 0. The molecule has 1 heterocycles. The number of nitrogens with zero attached hydrogens (tertiary/aromatic N) is 1. The highest BCUT2D eigenvalue weighted by atomic mass is 15.1. The van der Waals surface area contributed by atoms with Gasteiger partial charge in [0.15, 0.2) is 0 Å². The number of rotatable bonds is 2. The van der Waals surface area contributed by atoms with Crippen molar-refractivity contribution in [3.8, 4) is 0 Å². The standard InChI is InChI=1S/C13H18N2/c14-13(7-8-13)11-5-1-2-6-12(11)15-9-3-4-10-15/h1-2,5-6H,3-4,7-10,14H2. The SMILES string of the molecule is NC1(c2ccccc2N2CCCC2)CC1. The van der Waals surface area contributed by atoms with Crippen molar-refractivity contribution in [1.82, 2.24) is 0 Å². The van der Waals surface area contributed by atoms with Crippen LogP contribution in [-0.2, 0) is 5.54 Å². The van der Waals surface area contributed by atoms with Gasteiger partial charge in [-0.3, -0.25) is 0 Å². The van der Waals surface area contributed by atoms with Crippen molar-refractivity contribution in [2.24, 2.45) is 5.73 Å². The van der Waals surface area contributed by atoms with Crippen molar-refractivity contribution in [3.05, 3.63) is 29.8 Å². The Morgan fingerprint density at radius 2 is 1.73 bits per heavy atom. The Morgan fingerprint density at radius 1 is 1.07 bits per heavy atom. The molecule has 0 amide bonds. The van der Waals surface area contributed by atoms with Gasteiger partial charge in [-0.2, -0.15) is 0 Å². The molecule has 0 bridgehead atoms. The highest BCUT2D eigenvalue weighted by Gasteiger charge is 2.42. The Kier molecular flexibility index (Phi) is 1.99. The molecular weight excluding hydrogens is 184 g/mol. The van der Waals surface area contributed by atoms with Gasteiger partial charge in [0.25, 0.3) is 0 Å². The Balaban J connectivity index is 1.98. The van der Waals surface area contributed by atoms with Crippen LogP contribution >= 0.6 is 0 Å². The third-order valence-electron chi connectivity index (χ3n) is 3.68. The summed E-state index contributed by atoms with van der Waals surface area (Å²) in [5.41, 5.74) is 9.06. The van der Waals surface area contributed by atoms with E-state index in [9.17, 15) is 0 Å². The zero-order chi connectivity index (χ0) is 10.3. The summed E-state index contributed by atoms with van der Waals surface area (Å²) in [7, 11) is 0. The van der Waals surface area contributed by atoms with E-state index < -0.39 is 0 Å². The van der Waals surface area contributed by atoms with Gasteiger partial charge in [-0.1, -0.05) is 18.2 Å². The molecule has 2 aliphatic rings. The molecule has 0 atom stereocenters. The first-order valence-corrected chi connectivity index (χ1v) is 5.93. The summed E-state index contributed by atoms with van der Waals surface area (Å²) < 4.78 is 0. The van der Waals surface area contributed by atoms with Crippen LogP contribution in [0.2, 0.25) is 0 Å². The van der Waals surface area contributed by atoms with Crippen LogP contribution in [0.1, 0.15) is 31.2 Å². The van der Waals surface area contributed by atoms with Crippen LogP contribution < -0.4 is 10.6 Å². The maximum absolute atomic E-state index is 6.31. The maximum atomic E-state index is 6.31. The summed E-state index contributed by atoms with van der Waals surface area (Å²) in [4.78, 5) is 2.49. The molecule has 1 aliphatic carbocycles. The molecule has 1 aromatic carbocycles. The predicted molar refractivity (Wildman–Crippen MR) is 63.0 cm³/mol. The van der Waals surface area contributed by atoms with E-state index in [-0.39, 0.29) is 5.54 Å². The molecule has 2 N–H and O–H groups in total. The molecule has 1 saturated carbocycles. The summed E-state index contributed by atoms with van der Waals surface area (Å²) in [5, 5.41) is 0. The number of nitrogens with two attached hydrogens (primary N) is 1. The number of hydrogen-bond acceptors (Lipinski definition) is 2. The quantitative estimate of drug-likeness (QED) is 0.797. The highest BCUT2D eigenvalue weighted by molar-refractivity contribution is 5.58. The van der Waals surface area contributed by atoms with Gasteiger partial charge >= 0.3 is 0 Å². The minimum atomic E-state index is -0.000810. The van der Waals surface area contributed by atoms with Crippen LogP contribution in [0.25, 0.3) is 0 Å². The van der Waals surface area contributed by atoms with Gasteiger partial charge in [-0.25, -0.2) is 0 Å². The van der Waals surface area contributed by atoms with Gasteiger partial charge in [0.1, 0.15) is 0 Å². The molecule has 0 radical (unpaired) electrons. The Labute approximate surface area is 91.1 Å². The van der Waals surface area contributed by atoms with Crippen LogP contribution in [0.4, 0.5) is 5.69 Å². The molecule has 0 spiro atoms. The van der Waals surface area contributed by atoms with E-state index in [2.05, 4.69) is 29.2 Å². The zero-order valence-corrected chi connectivity index (χ0v) is 9.08.